The Morgan fingerprint density at radius 1 is 0.595 bits per heavy atom. The molecule has 0 aliphatic heterocycles. The van der Waals surface area contributed by atoms with E-state index in [9.17, 15) is 13.2 Å². The summed E-state index contributed by atoms with van der Waals surface area (Å²) >= 11 is 0. The Kier molecular flexibility index (Phi) is 7.75. The largest absolute Gasteiger partial charge is 0.493 e. The Morgan fingerprint density at radius 2 is 1.14 bits per heavy atom. The molecule has 8 nitrogen and oxygen atoms in total. The third kappa shape index (κ3) is 5.58. The highest BCUT2D eigenvalue weighted by molar-refractivity contribution is 5.73. The van der Waals surface area contributed by atoms with Gasteiger partial charge in [0.1, 0.15) is 0 Å². The number of methoxy groups -OCH3 is 4. The molecule has 0 N–H and O–H groups in total. The fourth-order valence-corrected chi connectivity index (χ4v) is 4.42. The fourth-order valence-electron chi connectivity index (χ4n) is 4.42. The van der Waals surface area contributed by atoms with Crippen molar-refractivity contribution >= 4 is 0 Å². The second-order valence-corrected chi connectivity index (χ2v) is 9.27. The van der Waals surface area contributed by atoms with E-state index < -0.39 is 11.9 Å². The molecule has 0 amide bonds. The molecule has 2 aromatic heterocycles. The van der Waals surface area contributed by atoms with E-state index in [4.69, 9.17) is 18.9 Å². The third-order valence-corrected chi connectivity index (χ3v) is 6.61. The minimum absolute atomic E-state index is 0.105. The third-order valence-electron chi connectivity index (χ3n) is 6.61. The van der Waals surface area contributed by atoms with E-state index >= 15 is 0 Å². The van der Waals surface area contributed by atoms with Crippen LogP contribution in [0.25, 0.3) is 39.7 Å². The summed E-state index contributed by atoms with van der Waals surface area (Å²) in [5.41, 5.74) is 2.58. The van der Waals surface area contributed by atoms with Crippen LogP contribution >= 0.6 is 0 Å². The van der Waals surface area contributed by atoms with Gasteiger partial charge in [0.15, 0.2) is 28.7 Å². The van der Waals surface area contributed by atoms with E-state index in [1.54, 1.807) is 54.6 Å². The first-order valence-corrected chi connectivity index (χ1v) is 12.7. The Bertz CT molecular complexity index is 1730. The summed E-state index contributed by atoms with van der Waals surface area (Å²) in [7, 11) is 6.05. The molecule has 42 heavy (non-hydrogen) atoms. The van der Waals surface area contributed by atoms with Crippen molar-refractivity contribution in [3.05, 3.63) is 84.1 Å². The first-order chi connectivity index (χ1) is 20.1. The molecule has 0 aliphatic rings. The summed E-state index contributed by atoms with van der Waals surface area (Å²) in [6, 6.07) is 20.1. The number of nitrogens with zero attached hydrogens (tertiary/aromatic N) is 4. The molecular formula is C31H27F3N4O4. The number of benzene rings is 3. The van der Waals surface area contributed by atoms with Crippen molar-refractivity contribution < 1.29 is 32.1 Å². The maximum atomic E-state index is 14.1. The van der Waals surface area contributed by atoms with E-state index in [0.29, 0.717) is 51.1 Å². The monoisotopic (exact) mass is 576 g/mol. The van der Waals surface area contributed by atoms with Crippen LogP contribution in [0.3, 0.4) is 0 Å². The number of aromatic nitrogens is 4. The molecule has 2 heterocycles. The standard InChI is InChI=1S/C31H27F3N4O4/c1-18-6-8-19(9-7-18)22-17-29(31(32,33)34)36-30(35-22)38-24(21-11-13-26(40-3)28(15-21)42-5)16-23(37-38)20-10-12-25(39-2)27(14-20)41-4/h6-17H,1-5H3. The lowest BCUT2D eigenvalue weighted by Crippen LogP contribution is -2.14. The van der Waals surface area contributed by atoms with Gasteiger partial charge < -0.3 is 18.9 Å². The highest BCUT2D eigenvalue weighted by Crippen LogP contribution is 2.38. The van der Waals surface area contributed by atoms with Gasteiger partial charge in [0, 0.05) is 16.7 Å². The van der Waals surface area contributed by atoms with Crippen LogP contribution in [0, 0.1) is 6.92 Å². The number of ether oxygens (including phenoxy) is 4. The number of hydrogen-bond donors (Lipinski definition) is 0. The lowest BCUT2D eigenvalue weighted by atomic mass is 10.1. The van der Waals surface area contributed by atoms with E-state index in [2.05, 4.69) is 15.1 Å². The van der Waals surface area contributed by atoms with Crippen LogP contribution in [0.2, 0.25) is 0 Å². The second kappa shape index (κ2) is 11.4. The van der Waals surface area contributed by atoms with Gasteiger partial charge in [-0.1, -0.05) is 29.8 Å². The van der Waals surface area contributed by atoms with Crippen LogP contribution in [-0.4, -0.2) is 48.2 Å². The average molecular weight is 577 g/mol. The smallest absolute Gasteiger partial charge is 0.433 e. The first-order valence-electron chi connectivity index (χ1n) is 12.7. The first kappa shape index (κ1) is 28.5. The highest BCUT2D eigenvalue weighted by atomic mass is 19.4. The molecule has 0 atom stereocenters. The van der Waals surface area contributed by atoms with E-state index in [1.807, 2.05) is 19.1 Å². The zero-order chi connectivity index (χ0) is 30.0. The lowest BCUT2D eigenvalue weighted by Gasteiger charge is -2.13. The summed E-state index contributed by atoms with van der Waals surface area (Å²) in [6.45, 7) is 1.89. The van der Waals surface area contributed by atoms with E-state index in [0.717, 1.165) is 11.6 Å². The molecule has 0 aliphatic carbocycles. The van der Waals surface area contributed by atoms with Gasteiger partial charge in [0.2, 0.25) is 0 Å². The second-order valence-electron chi connectivity index (χ2n) is 9.27. The van der Waals surface area contributed by atoms with Crippen molar-refractivity contribution in [3.63, 3.8) is 0 Å². The Hall–Kier alpha value is -5.06. The van der Waals surface area contributed by atoms with Crippen LogP contribution in [0.15, 0.2) is 72.8 Å². The minimum atomic E-state index is -4.72. The van der Waals surface area contributed by atoms with E-state index in [1.165, 1.54) is 33.1 Å². The predicted molar refractivity (Wildman–Crippen MR) is 151 cm³/mol. The maximum Gasteiger partial charge on any atom is 0.433 e. The van der Waals surface area contributed by atoms with Crippen molar-refractivity contribution in [2.24, 2.45) is 0 Å². The molecule has 0 unspecified atom stereocenters. The summed E-state index contributed by atoms with van der Waals surface area (Å²) in [6.07, 6.45) is -4.72. The van der Waals surface area contributed by atoms with Gasteiger partial charge in [0.25, 0.3) is 5.95 Å². The van der Waals surface area contributed by atoms with Crippen LogP contribution in [0.5, 0.6) is 23.0 Å². The molecule has 216 valence electrons. The van der Waals surface area contributed by atoms with Crippen LogP contribution in [-0.2, 0) is 6.18 Å². The molecule has 5 aromatic rings. The van der Waals surface area contributed by atoms with Gasteiger partial charge >= 0.3 is 6.18 Å². The van der Waals surface area contributed by atoms with Gasteiger partial charge in [-0.3, -0.25) is 0 Å². The molecule has 11 heteroatoms. The Morgan fingerprint density at radius 3 is 1.71 bits per heavy atom. The number of alkyl halides is 3. The molecule has 5 rings (SSSR count). The van der Waals surface area contributed by atoms with Crippen LogP contribution < -0.4 is 18.9 Å². The Labute approximate surface area is 240 Å². The van der Waals surface area contributed by atoms with Crippen molar-refractivity contribution in [1.29, 1.82) is 0 Å². The zero-order valence-electron chi connectivity index (χ0n) is 23.5. The van der Waals surface area contributed by atoms with Crippen LogP contribution in [0.1, 0.15) is 11.3 Å². The summed E-state index contributed by atoms with van der Waals surface area (Å²) in [5, 5.41) is 4.68. The molecule has 0 saturated carbocycles. The van der Waals surface area contributed by atoms with E-state index in [-0.39, 0.29) is 11.6 Å². The van der Waals surface area contributed by atoms with Crippen LogP contribution in [0.4, 0.5) is 13.2 Å². The number of halogens is 3. The zero-order valence-corrected chi connectivity index (χ0v) is 23.5. The molecule has 0 spiro atoms. The maximum absolute atomic E-state index is 14.1. The predicted octanol–water partition coefficient (Wildman–Crippen LogP) is 7.02. The number of hydrogen-bond acceptors (Lipinski definition) is 7. The molecule has 0 radical (unpaired) electrons. The van der Waals surface area contributed by atoms with Gasteiger partial charge in [0.05, 0.1) is 45.5 Å². The number of aryl methyl sites for hydroxylation is 1. The normalized spacial score (nSPS) is 11.3. The molecule has 0 fully saturated rings. The summed E-state index contributed by atoms with van der Waals surface area (Å²) in [4.78, 5) is 8.45. The molecule has 0 saturated heterocycles. The highest BCUT2D eigenvalue weighted by Gasteiger charge is 2.34. The van der Waals surface area contributed by atoms with Gasteiger partial charge in [-0.05, 0) is 55.5 Å². The molecule has 0 bridgehead atoms. The SMILES string of the molecule is COc1ccc(-c2cc(-c3ccc(OC)c(OC)c3)n(-c3nc(-c4ccc(C)cc4)cc(C(F)(F)F)n3)n2)cc1OC. The topological polar surface area (TPSA) is 80.5 Å². The van der Waals surface area contributed by atoms with Crippen molar-refractivity contribution in [3.8, 4) is 62.7 Å². The van der Waals surface area contributed by atoms with Gasteiger partial charge in [-0.25, -0.2) is 9.97 Å². The average Bonchev–Trinajstić information content (AvgIpc) is 3.45. The molecular weight excluding hydrogens is 549 g/mol. The van der Waals surface area contributed by atoms with Crippen molar-refractivity contribution in [1.82, 2.24) is 19.7 Å². The minimum Gasteiger partial charge on any atom is -0.493 e. The lowest BCUT2D eigenvalue weighted by molar-refractivity contribution is -0.141. The quantitative estimate of drug-likeness (QED) is 0.196. The fraction of sp³-hybridized carbons (Fsp3) is 0.194. The molecule has 3 aromatic carbocycles. The van der Waals surface area contributed by atoms with Crippen molar-refractivity contribution in [2.75, 3.05) is 28.4 Å². The number of rotatable bonds is 8. The Balaban J connectivity index is 1.77. The van der Waals surface area contributed by atoms with Gasteiger partial charge in [-0.2, -0.15) is 23.0 Å². The summed E-state index contributed by atoms with van der Waals surface area (Å²) < 4.78 is 65.2. The summed E-state index contributed by atoms with van der Waals surface area (Å²) in [5.74, 6) is 1.65. The van der Waals surface area contributed by atoms with Crippen molar-refractivity contribution in [2.45, 2.75) is 13.1 Å². The van der Waals surface area contributed by atoms with Gasteiger partial charge in [-0.15, -0.1) is 0 Å².